The average Bonchev–Trinajstić information content (AvgIpc) is 2.53. The molecule has 1 N–H and O–H groups in total. The van der Waals surface area contributed by atoms with Gasteiger partial charge in [-0.1, -0.05) is 6.07 Å². The number of aromatic nitrogens is 1. The number of ether oxygens (including phenoxy) is 3. The summed E-state index contributed by atoms with van der Waals surface area (Å²) in [5.41, 5.74) is 0. The van der Waals surface area contributed by atoms with Gasteiger partial charge in [0.1, 0.15) is 11.6 Å². The van der Waals surface area contributed by atoms with E-state index in [1.165, 1.54) is 0 Å². The predicted molar refractivity (Wildman–Crippen MR) is 84.1 cm³/mol. The zero-order chi connectivity index (χ0) is 14.9. The molecule has 0 saturated heterocycles. The molecule has 0 unspecified atom stereocenters. The van der Waals surface area contributed by atoms with Crippen molar-refractivity contribution in [2.24, 2.45) is 0 Å². The number of anilines is 1. The van der Waals surface area contributed by atoms with E-state index in [9.17, 15) is 0 Å². The van der Waals surface area contributed by atoms with Crippen LogP contribution in [-0.4, -0.2) is 45.6 Å². The van der Waals surface area contributed by atoms with Gasteiger partial charge in [-0.05, 0) is 30.0 Å². The van der Waals surface area contributed by atoms with Gasteiger partial charge in [0, 0.05) is 31.8 Å². The normalized spacial score (nSPS) is 10.8. The first-order valence-electron chi connectivity index (χ1n) is 7.08. The summed E-state index contributed by atoms with van der Waals surface area (Å²) < 4.78 is 15.6. The molecule has 1 aromatic heterocycles. The number of pyridine rings is 1. The van der Waals surface area contributed by atoms with Crippen molar-refractivity contribution < 1.29 is 14.2 Å². The van der Waals surface area contributed by atoms with Gasteiger partial charge in [0.25, 0.3) is 0 Å². The second-order valence-corrected chi connectivity index (χ2v) is 4.63. The van der Waals surface area contributed by atoms with Crippen molar-refractivity contribution in [3.8, 4) is 5.75 Å². The van der Waals surface area contributed by atoms with Crippen LogP contribution in [0.4, 0.5) is 5.82 Å². The monoisotopic (exact) mass is 290 g/mol. The van der Waals surface area contributed by atoms with E-state index in [0.717, 1.165) is 35.3 Å². The van der Waals surface area contributed by atoms with Gasteiger partial charge >= 0.3 is 0 Å². The highest BCUT2D eigenvalue weighted by molar-refractivity contribution is 5.92. The van der Waals surface area contributed by atoms with Gasteiger partial charge in [-0.15, -0.1) is 0 Å². The number of benzene rings is 1. The lowest BCUT2D eigenvalue weighted by Crippen LogP contribution is -2.09. The SMILES string of the molecule is COCCOCCCNc1nccc2ccc(OC)cc12. The molecular weight excluding hydrogens is 268 g/mol. The van der Waals surface area contributed by atoms with Crippen molar-refractivity contribution in [3.05, 3.63) is 30.5 Å². The fourth-order valence-corrected chi connectivity index (χ4v) is 2.04. The number of rotatable bonds is 9. The summed E-state index contributed by atoms with van der Waals surface area (Å²) in [6.07, 6.45) is 2.73. The molecule has 0 aliphatic carbocycles. The predicted octanol–water partition coefficient (Wildman–Crippen LogP) is 2.71. The quantitative estimate of drug-likeness (QED) is 0.720. The lowest BCUT2D eigenvalue weighted by Gasteiger charge is -2.10. The Morgan fingerprint density at radius 2 is 2.00 bits per heavy atom. The van der Waals surface area contributed by atoms with Crippen LogP contribution in [0.25, 0.3) is 10.8 Å². The molecule has 0 fully saturated rings. The average molecular weight is 290 g/mol. The van der Waals surface area contributed by atoms with Crippen molar-refractivity contribution in [3.63, 3.8) is 0 Å². The smallest absolute Gasteiger partial charge is 0.133 e. The van der Waals surface area contributed by atoms with Crippen LogP contribution >= 0.6 is 0 Å². The molecule has 0 amide bonds. The van der Waals surface area contributed by atoms with E-state index >= 15 is 0 Å². The minimum atomic E-state index is 0.637. The van der Waals surface area contributed by atoms with Crippen molar-refractivity contribution in [1.82, 2.24) is 4.98 Å². The molecule has 0 aliphatic heterocycles. The van der Waals surface area contributed by atoms with Crippen molar-refractivity contribution in [2.45, 2.75) is 6.42 Å². The Kier molecular flexibility index (Phi) is 6.24. The molecule has 2 rings (SSSR count). The Labute approximate surface area is 125 Å². The van der Waals surface area contributed by atoms with Gasteiger partial charge in [-0.25, -0.2) is 4.98 Å². The number of hydrogen-bond donors (Lipinski definition) is 1. The molecule has 0 aliphatic rings. The van der Waals surface area contributed by atoms with Crippen LogP contribution in [0.1, 0.15) is 6.42 Å². The second-order valence-electron chi connectivity index (χ2n) is 4.63. The highest BCUT2D eigenvalue weighted by atomic mass is 16.5. The number of hydrogen-bond acceptors (Lipinski definition) is 5. The van der Waals surface area contributed by atoms with Crippen molar-refractivity contribution in [1.29, 1.82) is 0 Å². The zero-order valence-corrected chi connectivity index (χ0v) is 12.6. The van der Waals surface area contributed by atoms with Crippen molar-refractivity contribution in [2.75, 3.05) is 45.9 Å². The highest BCUT2D eigenvalue weighted by Gasteiger charge is 2.03. The largest absolute Gasteiger partial charge is 0.497 e. The van der Waals surface area contributed by atoms with Gasteiger partial charge in [0.05, 0.1) is 20.3 Å². The van der Waals surface area contributed by atoms with Crippen LogP contribution < -0.4 is 10.1 Å². The highest BCUT2D eigenvalue weighted by Crippen LogP contribution is 2.25. The van der Waals surface area contributed by atoms with E-state index in [-0.39, 0.29) is 0 Å². The summed E-state index contributed by atoms with van der Waals surface area (Å²) >= 11 is 0. The van der Waals surface area contributed by atoms with E-state index in [4.69, 9.17) is 14.2 Å². The number of fused-ring (bicyclic) bond motifs is 1. The molecule has 1 aromatic carbocycles. The topological polar surface area (TPSA) is 52.6 Å². The molecule has 5 heteroatoms. The fourth-order valence-electron chi connectivity index (χ4n) is 2.04. The maximum absolute atomic E-state index is 5.43. The summed E-state index contributed by atoms with van der Waals surface area (Å²) in [4.78, 5) is 4.40. The summed E-state index contributed by atoms with van der Waals surface area (Å²) in [5, 5.41) is 5.56. The minimum Gasteiger partial charge on any atom is -0.497 e. The zero-order valence-electron chi connectivity index (χ0n) is 12.6. The Balaban J connectivity index is 1.89. The molecule has 0 spiro atoms. The summed E-state index contributed by atoms with van der Waals surface area (Å²) in [5.74, 6) is 1.71. The first-order chi connectivity index (χ1) is 10.3. The van der Waals surface area contributed by atoms with E-state index < -0.39 is 0 Å². The van der Waals surface area contributed by atoms with E-state index in [1.807, 2.05) is 30.5 Å². The summed E-state index contributed by atoms with van der Waals surface area (Å²) in [7, 11) is 3.34. The Morgan fingerprint density at radius 3 is 2.81 bits per heavy atom. The standard InChI is InChI=1S/C16H22N2O3/c1-19-10-11-21-9-3-7-17-16-15-12-14(20-2)5-4-13(15)6-8-18-16/h4-6,8,12H,3,7,9-11H2,1-2H3,(H,17,18). The molecule has 2 aromatic rings. The molecule has 5 nitrogen and oxygen atoms in total. The van der Waals surface area contributed by atoms with Gasteiger partial charge in [0.15, 0.2) is 0 Å². The molecule has 0 saturated carbocycles. The van der Waals surface area contributed by atoms with Gasteiger partial charge in [-0.2, -0.15) is 0 Å². The van der Waals surface area contributed by atoms with Crippen LogP contribution in [0.3, 0.4) is 0 Å². The Bertz CT molecular complexity index is 560. The molecule has 0 radical (unpaired) electrons. The Hall–Kier alpha value is -1.85. The lowest BCUT2D eigenvalue weighted by atomic mass is 10.1. The maximum atomic E-state index is 5.43. The molecule has 1 heterocycles. The fraction of sp³-hybridized carbons (Fsp3) is 0.438. The molecule has 21 heavy (non-hydrogen) atoms. The third-order valence-electron chi connectivity index (χ3n) is 3.16. The maximum Gasteiger partial charge on any atom is 0.133 e. The second kappa shape index (κ2) is 8.44. The first kappa shape index (κ1) is 15.5. The number of methoxy groups -OCH3 is 2. The minimum absolute atomic E-state index is 0.637. The molecule has 114 valence electrons. The van der Waals surface area contributed by atoms with E-state index in [2.05, 4.69) is 10.3 Å². The molecule has 0 bridgehead atoms. The van der Waals surface area contributed by atoms with Crippen molar-refractivity contribution >= 4 is 16.6 Å². The van der Waals surface area contributed by atoms with Crippen LogP contribution in [0.2, 0.25) is 0 Å². The lowest BCUT2D eigenvalue weighted by molar-refractivity contribution is 0.0705. The van der Waals surface area contributed by atoms with Gasteiger partial charge < -0.3 is 19.5 Å². The van der Waals surface area contributed by atoms with Crippen LogP contribution in [0, 0.1) is 0 Å². The van der Waals surface area contributed by atoms with E-state index in [1.54, 1.807) is 14.2 Å². The summed E-state index contributed by atoms with van der Waals surface area (Å²) in [6, 6.07) is 7.98. The molecule has 0 atom stereocenters. The van der Waals surface area contributed by atoms with Gasteiger partial charge in [0.2, 0.25) is 0 Å². The van der Waals surface area contributed by atoms with Crippen LogP contribution in [0.5, 0.6) is 5.75 Å². The first-order valence-corrected chi connectivity index (χ1v) is 7.08. The van der Waals surface area contributed by atoms with Gasteiger partial charge in [-0.3, -0.25) is 0 Å². The number of nitrogens with one attached hydrogen (secondary N) is 1. The molecular formula is C16H22N2O3. The number of nitrogens with zero attached hydrogens (tertiary/aromatic N) is 1. The third kappa shape index (κ3) is 4.58. The van der Waals surface area contributed by atoms with Crippen LogP contribution in [-0.2, 0) is 9.47 Å². The van der Waals surface area contributed by atoms with Crippen LogP contribution in [0.15, 0.2) is 30.5 Å². The third-order valence-corrected chi connectivity index (χ3v) is 3.16. The summed E-state index contributed by atoms with van der Waals surface area (Å²) in [6.45, 7) is 2.80. The van der Waals surface area contributed by atoms with E-state index in [0.29, 0.717) is 19.8 Å². The Morgan fingerprint density at radius 1 is 1.10 bits per heavy atom.